The highest BCUT2D eigenvalue weighted by Crippen LogP contribution is 2.16. The molecule has 7 nitrogen and oxygen atoms in total. The summed E-state index contributed by atoms with van der Waals surface area (Å²) in [5, 5.41) is 15.1. The van der Waals surface area contributed by atoms with Crippen LogP contribution in [0.25, 0.3) is 0 Å². The van der Waals surface area contributed by atoms with Crippen molar-refractivity contribution in [1.29, 1.82) is 0 Å². The Bertz CT molecular complexity index is 387. The van der Waals surface area contributed by atoms with Gasteiger partial charge in [-0.3, -0.25) is 4.79 Å². The van der Waals surface area contributed by atoms with Gasteiger partial charge in [-0.25, -0.2) is 4.79 Å². The fraction of sp³-hybridized carbons (Fsp3) is 0.769. The topological polar surface area (TPSA) is 97.2 Å². The van der Waals surface area contributed by atoms with E-state index in [1.165, 1.54) is 0 Å². The van der Waals surface area contributed by atoms with Crippen molar-refractivity contribution in [2.75, 3.05) is 6.54 Å². The quantitative estimate of drug-likeness (QED) is 0.727. The number of hydrogen-bond acceptors (Lipinski definition) is 5. The van der Waals surface area contributed by atoms with Gasteiger partial charge in [0, 0.05) is 13.0 Å². The van der Waals surface area contributed by atoms with E-state index in [9.17, 15) is 9.59 Å². The maximum absolute atomic E-state index is 11.4. The van der Waals surface area contributed by atoms with Gasteiger partial charge >= 0.3 is 12.1 Å². The summed E-state index contributed by atoms with van der Waals surface area (Å²) in [4.78, 5) is 26.9. The maximum atomic E-state index is 11.4. The van der Waals surface area contributed by atoms with E-state index in [0.717, 1.165) is 5.71 Å². The van der Waals surface area contributed by atoms with Gasteiger partial charge < -0.3 is 20.0 Å². The van der Waals surface area contributed by atoms with Gasteiger partial charge in [0.1, 0.15) is 11.7 Å². The minimum absolute atomic E-state index is 0.0385. The zero-order valence-corrected chi connectivity index (χ0v) is 12.1. The summed E-state index contributed by atoms with van der Waals surface area (Å²) in [5.41, 5.74) is 0.333. The van der Waals surface area contributed by atoms with Crippen molar-refractivity contribution in [3.05, 3.63) is 0 Å². The van der Waals surface area contributed by atoms with Crippen LogP contribution < -0.4 is 5.32 Å². The second kappa shape index (κ2) is 7.12. The van der Waals surface area contributed by atoms with Crippen molar-refractivity contribution < 1.29 is 24.3 Å². The lowest BCUT2D eigenvalue weighted by molar-refractivity contribution is -0.139. The molecule has 0 saturated heterocycles. The molecule has 1 atom stereocenters. The Kier molecular flexibility index (Phi) is 5.79. The predicted octanol–water partition coefficient (Wildman–Crippen LogP) is 1.91. The van der Waals surface area contributed by atoms with Crippen LogP contribution >= 0.6 is 0 Å². The lowest BCUT2D eigenvalue weighted by atomic mass is 10.1. The van der Waals surface area contributed by atoms with Crippen LogP contribution in [0.3, 0.4) is 0 Å². The maximum Gasteiger partial charge on any atom is 0.407 e. The summed E-state index contributed by atoms with van der Waals surface area (Å²) >= 11 is 0. The molecular weight excluding hydrogens is 264 g/mol. The van der Waals surface area contributed by atoms with E-state index in [1.54, 1.807) is 20.8 Å². The highest BCUT2D eigenvalue weighted by atomic mass is 16.6. The number of carboxylic acid groups (broad SMARTS) is 1. The summed E-state index contributed by atoms with van der Waals surface area (Å²) in [5.74, 6) is -0.891. The van der Waals surface area contributed by atoms with Gasteiger partial charge in [-0.15, -0.1) is 0 Å². The van der Waals surface area contributed by atoms with E-state index in [4.69, 9.17) is 14.7 Å². The first-order valence-electron chi connectivity index (χ1n) is 6.66. The van der Waals surface area contributed by atoms with Gasteiger partial charge in [0.15, 0.2) is 0 Å². The Hall–Kier alpha value is -1.79. The first kappa shape index (κ1) is 16.3. The van der Waals surface area contributed by atoms with Gasteiger partial charge in [-0.05, 0) is 33.6 Å². The number of carbonyl (C=O) groups excluding carboxylic acids is 1. The molecule has 1 unspecified atom stereocenters. The number of rotatable bonds is 6. The van der Waals surface area contributed by atoms with Gasteiger partial charge in [0.2, 0.25) is 0 Å². The Labute approximate surface area is 118 Å². The molecule has 1 heterocycles. The van der Waals surface area contributed by atoms with Crippen molar-refractivity contribution in [3.8, 4) is 0 Å². The van der Waals surface area contributed by atoms with E-state index in [-0.39, 0.29) is 12.5 Å². The van der Waals surface area contributed by atoms with Crippen molar-refractivity contribution in [3.63, 3.8) is 0 Å². The molecule has 0 spiro atoms. The van der Waals surface area contributed by atoms with Crippen LogP contribution in [0, 0.1) is 0 Å². The first-order chi connectivity index (χ1) is 9.26. The largest absolute Gasteiger partial charge is 0.481 e. The highest BCUT2D eigenvalue weighted by Gasteiger charge is 2.23. The molecule has 0 radical (unpaired) electrons. The molecule has 114 valence electrons. The number of aliphatic carboxylic acids is 1. The molecule has 1 aliphatic heterocycles. The SMILES string of the molecule is CC(C)(C)OC(=O)NCCCC1=NOC(CC(=O)O)C1. The predicted molar refractivity (Wildman–Crippen MR) is 72.6 cm³/mol. The number of carboxylic acids is 1. The molecule has 0 bridgehead atoms. The van der Waals surface area contributed by atoms with Crippen LogP contribution in [0.15, 0.2) is 5.16 Å². The van der Waals surface area contributed by atoms with Crippen LogP contribution in [0.2, 0.25) is 0 Å². The standard InChI is InChI=1S/C13H22N2O5/c1-13(2,3)19-12(18)14-6-4-5-9-7-10(20-15-9)8-11(16)17/h10H,4-8H2,1-3H3,(H,14,18)(H,16,17). The molecule has 1 aliphatic rings. The van der Waals surface area contributed by atoms with Crippen molar-refractivity contribution in [2.24, 2.45) is 5.16 Å². The minimum atomic E-state index is -0.891. The van der Waals surface area contributed by atoms with Crippen molar-refractivity contribution >= 4 is 17.8 Å². The summed E-state index contributed by atoms with van der Waals surface area (Å²) in [7, 11) is 0. The van der Waals surface area contributed by atoms with Crippen LogP contribution in [-0.4, -0.2) is 41.1 Å². The molecule has 1 amide bonds. The fourth-order valence-electron chi connectivity index (χ4n) is 1.74. The molecule has 1 rings (SSSR count). The van der Waals surface area contributed by atoms with Crippen LogP contribution in [0.5, 0.6) is 0 Å². The molecule has 0 aromatic heterocycles. The van der Waals surface area contributed by atoms with E-state index in [1.807, 2.05) is 0 Å². The zero-order chi connectivity index (χ0) is 15.2. The van der Waals surface area contributed by atoms with Crippen LogP contribution in [-0.2, 0) is 14.4 Å². The van der Waals surface area contributed by atoms with E-state index in [2.05, 4.69) is 10.5 Å². The molecule has 2 N–H and O–H groups in total. The molecule has 20 heavy (non-hydrogen) atoms. The van der Waals surface area contributed by atoms with Crippen molar-refractivity contribution in [1.82, 2.24) is 5.32 Å². The molecule has 0 aromatic carbocycles. The highest BCUT2D eigenvalue weighted by molar-refractivity contribution is 5.86. The van der Waals surface area contributed by atoms with Gasteiger partial charge in [0.25, 0.3) is 0 Å². The minimum Gasteiger partial charge on any atom is -0.481 e. The number of oxime groups is 1. The number of nitrogens with zero attached hydrogens (tertiary/aromatic N) is 1. The Balaban J connectivity index is 2.11. The number of carbonyl (C=O) groups is 2. The Morgan fingerprint density at radius 2 is 2.20 bits per heavy atom. The van der Waals surface area contributed by atoms with Crippen LogP contribution in [0.4, 0.5) is 4.79 Å². The number of ether oxygens (including phenoxy) is 1. The molecule has 0 aliphatic carbocycles. The third kappa shape index (κ3) is 6.96. The monoisotopic (exact) mass is 286 g/mol. The summed E-state index contributed by atoms with van der Waals surface area (Å²) in [6.45, 7) is 5.90. The van der Waals surface area contributed by atoms with Crippen molar-refractivity contribution in [2.45, 2.75) is 58.2 Å². The van der Waals surface area contributed by atoms with Crippen LogP contribution in [0.1, 0.15) is 46.5 Å². The fourth-order valence-corrected chi connectivity index (χ4v) is 1.74. The average molecular weight is 286 g/mol. The average Bonchev–Trinajstić information content (AvgIpc) is 2.68. The Morgan fingerprint density at radius 1 is 1.50 bits per heavy atom. The second-order valence-electron chi connectivity index (χ2n) is 5.72. The third-order valence-corrected chi connectivity index (χ3v) is 2.51. The molecule has 0 fully saturated rings. The summed E-state index contributed by atoms with van der Waals surface area (Å²) in [6, 6.07) is 0. The normalized spacial score (nSPS) is 18.1. The molecule has 0 aromatic rings. The smallest absolute Gasteiger partial charge is 0.407 e. The summed E-state index contributed by atoms with van der Waals surface area (Å²) < 4.78 is 5.10. The van der Waals surface area contributed by atoms with E-state index in [0.29, 0.717) is 25.8 Å². The first-order valence-corrected chi connectivity index (χ1v) is 6.66. The molecular formula is C13H22N2O5. The van der Waals surface area contributed by atoms with E-state index < -0.39 is 17.7 Å². The van der Waals surface area contributed by atoms with Gasteiger partial charge in [-0.2, -0.15) is 0 Å². The van der Waals surface area contributed by atoms with E-state index >= 15 is 0 Å². The number of hydrogen-bond donors (Lipinski definition) is 2. The third-order valence-electron chi connectivity index (χ3n) is 2.51. The number of nitrogens with one attached hydrogen (secondary N) is 1. The summed E-state index contributed by atoms with van der Waals surface area (Å²) in [6.07, 6.45) is 1.09. The lowest BCUT2D eigenvalue weighted by Crippen LogP contribution is -2.33. The zero-order valence-electron chi connectivity index (χ0n) is 12.1. The number of amides is 1. The van der Waals surface area contributed by atoms with Gasteiger partial charge in [-0.1, -0.05) is 5.16 Å². The Morgan fingerprint density at radius 3 is 2.80 bits per heavy atom. The lowest BCUT2D eigenvalue weighted by Gasteiger charge is -2.19. The molecule has 0 saturated carbocycles. The van der Waals surface area contributed by atoms with Gasteiger partial charge in [0.05, 0.1) is 12.1 Å². The molecule has 7 heteroatoms. The second-order valence-corrected chi connectivity index (χ2v) is 5.72. The number of alkyl carbamates (subject to hydrolysis) is 1.